The molecule has 0 amide bonds. The molecule has 0 fully saturated rings. The molecule has 0 atom stereocenters. The Hall–Kier alpha value is -3.35. The minimum absolute atomic E-state index is 0.253. The van der Waals surface area contributed by atoms with Crippen LogP contribution < -0.4 is 0 Å². The van der Waals surface area contributed by atoms with Crippen LogP contribution in [-0.4, -0.2) is 4.21 Å². The van der Waals surface area contributed by atoms with Crippen LogP contribution >= 0.6 is 17.0 Å². The number of halogens is 2. The molecule has 0 N–H and O–H groups in total. The van der Waals surface area contributed by atoms with Crippen molar-refractivity contribution in [3.05, 3.63) is 180 Å². The first-order chi connectivity index (χ1) is 21.1. The van der Waals surface area contributed by atoms with Gasteiger partial charge >= 0.3 is 262 Å². The number of benzene rings is 6. The van der Waals surface area contributed by atoms with E-state index in [0.29, 0.717) is 8.26 Å². The fourth-order valence-corrected chi connectivity index (χ4v) is 38.6. The summed E-state index contributed by atoms with van der Waals surface area (Å²) in [5, 5.41) is 4.72. The first-order valence-electron chi connectivity index (χ1n) is 15.5. The number of fused-ring (bicyclic) bond motifs is 5. The first kappa shape index (κ1) is 28.1. The van der Waals surface area contributed by atoms with Gasteiger partial charge in [-0.15, -0.1) is 0 Å². The second-order valence-corrected chi connectivity index (χ2v) is 53.8. The van der Waals surface area contributed by atoms with Crippen molar-refractivity contribution >= 4 is 42.8 Å². The van der Waals surface area contributed by atoms with E-state index in [0.717, 1.165) is 11.1 Å². The summed E-state index contributed by atoms with van der Waals surface area (Å²) >= 11 is -6.77. The van der Waals surface area contributed by atoms with E-state index in [1.165, 1.54) is 43.8 Å². The van der Waals surface area contributed by atoms with Crippen LogP contribution in [0.1, 0.15) is 25.9 Å². The molecule has 0 saturated carbocycles. The molecular weight excluding hydrogens is 655 g/mol. The Balaban J connectivity index is 1.57. The monoisotopic (exact) mass is 686 g/mol. The van der Waals surface area contributed by atoms with E-state index in [4.69, 9.17) is 4.21 Å². The van der Waals surface area contributed by atoms with E-state index in [1.54, 1.807) is 0 Å². The average molecular weight is 689 g/mol. The average Bonchev–Trinajstić information content (AvgIpc) is 3.71. The van der Waals surface area contributed by atoms with Crippen LogP contribution in [0, 0.1) is 0 Å². The molecule has 0 aromatic heterocycles. The number of hydrogen-bond donors (Lipinski definition) is 0. The summed E-state index contributed by atoms with van der Waals surface area (Å²) in [6, 6.07) is 47.7. The van der Waals surface area contributed by atoms with Crippen LogP contribution in [0.15, 0.2) is 158 Å². The second-order valence-electron chi connectivity index (χ2n) is 14.0. The summed E-state index contributed by atoms with van der Waals surface area (Å²) in [7, 11) is 18.4. The summed E-state index contributed by atoms with van der Waals surface area (Å²) in [5.74, 6) is 0. The van der Waals surface area contributed by atoms with E-state index in [2.05, 4.69) is 158 Å². The van der Waals surface area contributed by atoms with Crippen LogP contribution in [-0.2, 0) is 21.2 Å². The molecule has 6 aromatic rings. The maximum absolute atomic E-state index is 9.19. The number of rotatable bonds is 6. The van der Waals surface area contributed by atoms with Gasteiger partial charge < -0.3 is 0 Å². The van der Waals surface area contributed by atoms with Crippen molar-refractivity contribution in [3.8, 4) is 11.1 Å². The van der Waals surface area contributed by atoms with Gasteiger partial charge in [0.15, 0.2) is 0 Å². The molecule has 2 aliphatic rings. The first-order valence-corrected chi connectivity index (χ1v) is 29.9. The zero-order valence-corrected chi connectivity index (χ0v) is 28.5. The topological polar surface area (TPSA) is 0 Å². The Labute approximate surface area is 260 Å². The summed E-state index contributed by atoms with van der Waals surface area (Å²) in [6.07, 6.45) is 8.72. The number of allylic oxidation sites excluding steroid dienone is 4. The minimum atomic E-state index is -6.77. The molecule has 0 heterocycles. The standard InChI is InChI=1S/C13H9.2C11H9.C5H5.CH2.2ClH.Zr/c1-3-7-12-10(5-1)9-11-6-2-4-8-13(11)12;2*1-9-5-4-7-10-6-2-3-8-11(9)10;1-2-4-5-3-1;;;;/h1-9H;2*2-8H,1H2;1-5H;1H2;2*1H;/q;;;;;;;+2/p-2. The third-order valence-electron chi connectivity index (χ3n) is 11.0. The van der Waals surface area contributed by atoms with Crippen LogP contribution in [0.3, 0.4) is 0 Å². The fourth-order valence-electron chi connectivity index (χ4n) is 9.18. The molecule has 0 saturated heterocycles. The predicted octanol–water partition coefficient (Wildman–Crippen LogP) is 11.9. The molecule has 0 spiro atoms. The Morgan fingerprint density at radius 3 is 1.41 bits per heavy atom. The summed E-state index contributed by atoms with van der Waals surface area (Å²) < 4.78 is 5.97. The molecule has 44 heavy (non-hydrogen) atoms. The van der Waals surface area contributed by atoms with Gasteiger partial charge in [0.05, 0.1) is 0 Å². The van der Waals surface area contributed by atoms with Gasteiger partial charge in [0.25, 0.3) is 0 Å². The van der Waals surface area contributed by atoms with Gasteiger partial charge in [0.1, 0.15) is 0 Å². The van der Waals surface area contributed by atoms with Gasteiger partial charge in [-0.2, -0.15) is 0 Å². The molecule has 0 unspecified atom stereocenters. The normalized spacial score (nSPS) is 17.2. The molecule has 216 valence electrons. The van der Waals surface area contributed by atoms with Crippen molar-refractivity contribution in [2.75, 3.05) is 0 Å². The van der Waals surface area contributed by atoms with Crippen molar-refractivity contribution in [2.24, 2.45) is 0 Å². The summed E-state index contributed by atoms with van der Waals surface area (Å²) in [4.78, 5) is 0. The Morgan fingerprint density at radius 1 is 0.500 bits per heavy atom. The van der Waals surface area contributed by atoms with Gasteiger partial charge in [-0.3, -0.25) is 0 Å². The zero-order chi connectivity index (χ0) is 30.1. The molecule has 3 heteroatoms. The summed E-state index contributed by atoms with van der Waals surface area (Å²) in [5.41, 5.74) is 7.08. The third-order valence-corrected chi connectivity index (χ3v) is 40.5. The molecule has 6 aromatic carbocycles. The van der Waals surface area contributed by atoms with Crippen LogP contribution in [0.5, 0.6) is 0 Å². The van der Waals surface area contributed by atoms with Gasteiger partial charge in [0.2, 0.25) is 0 Å². The second kappa shape index (κ2) is 8.89. The third kappa shape index (κ3) is 3.83. The van der Waals surface area contributed by atoms with Crippen LogP contribution in [0.2, 0.25) is 3.63 Å². The van der Waals surface area contributed by atoms with Gasteiger partial charge in [-0.05, 0) is 0 Å². The van der Waals surface area contributed by atoms with E-state index in [9.17, 15) is 17.0 Å². The number of hydrogen-bond acceptors (Lipinski definition) is 0. The molecule has 2 aliphatic carbocycles. The van der Waals surface area contributed by atoms with Gasteiger partial charge in [0, 0.05) is 0 Å². The van der Waals surface area contributed by atoms with Gasteiger partial charge in [-0.1, -0.05) is 0 Å². The van der Waals surface area contributed by atoms with E-state index in [1.807, 2.05) is 0 Å². The van der Waals surface area contributed by atoms with Crippen molar-refractivity contribution in [3.63, 3.8) is 0 Å². The fraction of sp³-hybridized carbons (Fsp3) is 0.0976. The molecular formula is C41H34Cl2Zr. The Kier molecular flexibility index (Phi) is 5.68. The van der Waals surface area contributed by atoms with Crippen molar-refractivity contribution in [1.29, 1.82) is 0 Å². The quantitative estimate of drug-likeness (QED) is 0.163. The zero-order valence-electron chi connectivity index (χ0n) is 24.5. The van der Waals surface area contributed by atoms with E-state index in [-0.39, 0.29) is 7.25 Å². The van der Waals surface area contributed by atoms with Gasteiger partial charge in [-0.25, -0.2) is 0 Å². The van der Waals surface area contributed by atoms with Crippen molar-refractivity contribution < 1.29 is 12.9 Å². The van der Waals surface area contributed by atoms with Crippen molar-refractivity contribution in [1.82, 2.24) is 0 Å². The Bertz CT molecular complexity index is 2190. The molecule has 0 aliphatic heterocycles. The molecule has 0 radical (unpaired) electrons. The van der Waals surface area contributed by atoms with Crippen LogP contribution in [0.4, 0.5) is 0 Å². The predicted molar refractivity (Wildman–Crippen MR) is 190 cm³/mol. The van der Waals surface area contributed by atoms with Crippen molar-refractivity contribution in [2.45, 2.75) is 15.5 Å². The van der Waals surface area contributed by atoms with E-state index < -0.39 is 12.9 Å². The molecule has 8 rings (SSSR count). The Morgan fingerprint density at radius 2 is 0.909 bits per heavy atom. The molecule has 0 nitrogen and oxygen atoms in total. The molecule has 0 bridgehead atoms. The summed E-state index contributed by atoms with van der Waals surface area (Å²) in [6.45, 7) is 0. The SMILES string of the molecule is [CH2]=[Zr]([Cl])([Cl])([CH2]c1cccc2ccccc12)([CH2]c1cccc2ccccc12)([CH]1C=CC=C1)[CH]1c2ccccc2-c2ccccc21. The van der Waals surface area contributed by atoms with Crippen LogP contribution in [0.25, 0.3) is 32.7 Å². The van der Waals surface area contributed by atoms with E-state index >= 15 is 0 Å². The maximum atomic E-state index is 9.19.